The first-order valence-corrected chi connectivity index (χ1v) is 5.44. The Balaban J connectivity index is 2.79. The molecule has 1 rings (SSSR count). The molecule has 1 aromatic rings. The van der Waals surface area contributed by atoms with Crippen LogP contribution in [-0.2, 0) is 9.59 Å². The highest BCUT2D eigenvalue weighted by Gasteiger charge is 2.15. The summed E-state index contributed by atoms with van der Waals surface area (Å²) >= 11 is 0. The lowest BCUT2D eigenvalue weighted by Crippen LogP contribution is -2.19. The van der Waals surface area contributed by atoms with Crippen molar-refractivity contribution in [1.29, 1.82) is 0 Å². The number of ketones is 2. The molecule has 4 heteroatoms. The largest absolute Gasteiger partial charge is 0.465 e. The minimum Gasteiger partial charge on any atom is -0.465 e. The Bertz CT molecular complexity index is 416. The molecule has 0 radical (unpaired) electrons. The first kappa shape index (κ1) is 13.4. The normalized spacial score (nSPS) is 11.9. The fraction of sp³-hybridized carbons (Fsp3) is 0.385. The lowest BCUT2D eigenvalue weighted by Gasteiger charge is -2.08. The molecule has 1 heterocycles. The van der Waals surface area contributed by atoms with E-state index in [4.69, 9.17) is 4.42 Å². The molecule has 0 saturated carbocycles. The van der Waals surface area contributed by atoms with E-state index in [0.717, 1.165) is 0 Å². The Labute approximate surface area is 101 Å². The maximum absolute atomic E-state index is 11.9. The average Bonchev–Trinajstić information content (AvgIpc) is 2.74. The van der Waals surface area contributed by atoms with Crippen LogP contribution in [0.5, 0.6) is 0 Å². The molecule has 17 heavy (non-hydrogen) atoms. The van der Waals surface area contributed by atoms with Crippen molar-refractivity contribution in [2.75, 3.05) is 20.6 Å². The minimum absolute atomic E-state index is 0.150. The lowest BCUT2D eigenvalue weighted by atomic mass is 10.0. The van der Waals surface area contributed by atoms with Gasteiger partial charge in [-0.3, -0.25) is 9.59 Å². The smallest absolute Gasteiger partial charge is 0.167 e. The second-order valence-electron chi connectivity index (χ2n) is 4.11. The number of furan rings is 1. The number of nitrogens with zero attached hydrogens (tertiary/aromatic N) is 1. The highest BCUT2D eigenvalue weighted by atomic mass is 16.3. The van der Waals surface area contributed by atoms with Crippen LogP contribution in [-0.4, -0.2) is 37.1 Å². The maximum Gasteiger partial charge on any atom is 0.167 e. The van der Waals surface area contributed by atoms with Gasteiger partial charge in [-0.25, -0.2) is 0 Å². The van der Waals surface area contributed by atoms with Crippen LogP contribution in [0.15, 0.2) is 28.4 Å². The molecular weight excluding hydrogens is 218 g/mol. The van der Waals surface area contributed by atoms with E-state index in [9.17, 15) is 9.59 Å². The third kappa shape index (κ3) is 4.36. The van der Waals surface area contributed by atoms with Crippen LogP contribution in [0.4, 0.5) is 0 Å². The summed E-state index contributed by atoms with van der Waals surface area (Å²) in [4.78, 5) is 25.2. The Kier molecular flexibility index (Phi) is 4.84. The number of hydrogen-bond acceptors (Lipinski definition) is 4. The SMILES string of the molecule is CC(=O)C(=Cc1ccco1)C(=O)CCN(C)C. The van der Waals surface area contributed by atoms with Crippen molar-refractivity contribution in [1.82, 2.24) is 4.90 Å². The number of carbonyl (C=O) groups excluding carboxylic acids is 2. The average molecular weight is 235 g/mol. The van der Waals surface area contributed by atoms with Crippen molar-refractivity contribution in [2.45, 2.75) is 13.3 Å². The molecular formula is C13H17NO3. The van der Waals surface area contributed by atoms with Gasteiger partial charge in [-0.15, -0.1) is 0 Å². The van der Waals surface area contributed by atoms with E-state index in [0.29, 0.717) is 18.7 Å². The van der Waals surface area contributed by atoms with Gasteiger partial charge < -0.3 is 9.32 Å². The zero-order valence-corrected chi connectivity index (χ0v) is 10.4. The number of carbonyl (C=O) groups is 2. The summed E-state index contributed by atoms with van der Waals surface area (Å²) in [5.41, 5.74) is 0.196. The molecule has 0 unspecified atom stereocenters. The monoisotopic (exact) mass is 235 g/mol. The molecule has 1 aromatic heterocycles. The number of rotatable bonds is 6. The van der Waals surface area contributed by atoms with Gasteiger partial charge >= 0.3 is 0 Å². The van der Waals surface area contributed by atoms with Gasteiger partial charge in [-0.2, -0.15) is 0 Å². The van der Waals surface area contributed by atoms with Gasteiger partial charge in [0.25, 0.3) is 0 Å². The summed E-state index contributed by atoms with van der Waals surface area (Å²) in [7, 11) is 3.77. The van der Waals surface area contributed by atoms with Crippen molar-refractivity contribution in [3.63, 3.8) is 0 Å². The summed E-state index contributed by atoms with van der Waals surface area (Å²) in [5, 5.41) is 0. The zero-order valence-electron chi connectivity index (χ0n) is 10.4. The van der Waals surface area contributed by atoms with E-state index in [1.54, 1.807) is 12.1 Å². The van der Waals surface area contributed by atoms with Crippen molar-refractivity contribution >= 4 is 17.6 Å². The van der Waals surface area contributed by atoms with Gasteiger partial charge in [0.05, 0.1) is 11.8 Å². The molecule has 0 amide bonds. The van der Waals surface area contributed by atoms with E-state index in [2.05, 4.69) is 0 Å². The Morgan fingerprint density at radius 2 is 2.12 bits per heavy atom. The van der Waals surface area contributed by atoms with Crippen LogP contribution in [0.1, 0.15) is 19.1 Å². The summed E-state index contributed by atoms with van der Waals surface area (Å²) in [5.74, 6) is 0.140. The molecule has 0 bridgehead atoms. The first-order chi connectivity index (χ1) is 8.00. The van der Waals surface area contributed by atoms with E-state index >= 15 is 0 Å². The topological polar surface area (TPSA) is 50.5 Å². The van der Waals surface area contributed by atoms with Crippen LogP contribution in [0.2, 0.25) is 0 Å². The maximum atomic E-state index is 11.9. The summed E-state index contributed by atoms with van der Waals surface area (Å²) in [6.45, 7) is 2.02. The molecule has 0 fully saturated rings. The molecule has 0 saturated heterocycles. The molecule has 0 aliphatic rings. The molecule has 0 atom stereocenters. The van der Waals surface area contributed by atoms with Crippen LogP contribution >= 0.6 is 0 Å². The van der Waals surface area contributed by atoms with Gasteiger partial charge in [0.1, 0.15) is 5.76 Å². The minimum atomic E-state index is -0.231. The van der Waals surface area contributed by atoms with E-state index < -0.39 is 0 Å². The lowest BCUT2D eigenvalue weighted by molar-refractivity contribution is -0.120. The molecule has 4 nitrogen and oxygen atoms in total. The third-order valence-corrected chi connectivity index (χ3v) is 2.30. The second-order valence-corrected chi connectivity index (χ2v) is 4.11. The molecule has 92 valence electrons. The van der Waals surface area contributed by atoms with Gasteiger partial charge in [0.2, 0.25) is 0 Å². The highest BCUT2D eigenvalue weighted by Crippen LogP contribution is 2.11. The van der Waals surface area contributed by atoms with Gasteiger partial charge in [0, 0.05) is 13.0 Å². The van der Waals surface area contributed by atoms with Crippen molar-refractivity contribution in [2.24, 2.45) is 0 Å². The first-order valence-electron chi connectivity index (χ1n) is 5.44. The van der Waals surface area contributed by atoms with Crippen LogP contribution in [0, 0.1) is 0 Å². The molecule has 0 aliphatic carbocycles. The number of Topliss-reactive ketones (excluding diaryl/α,β-unsaturated/α-hetero) is 2. The summed E-state index contributed by atoms with van der Waals surface area (Å²) in [6.07, 6.45) is 3.34. The van der Waals surface area contributed by atoms with Crippen molar-refractivity contribution in [3.05, 3.63) is 29.7 Å². The van der Waals surface area contributed by atoms with Gasteiger partial charge in [-0.05, 0) is 39.2 Å². The second kappa shape index (κ2) is 6.15. The number of hydrogen-bond donors (Lipinski definition) is 0. The van der Waals surface area contributed by atoms with Crippen molar-refractivity contribution in [3.8, 4) is 0 Å². The standard InChI is InChI=1S/C13H17NO3/c1-10(15)12(9-11-5-4-8-17-11)13(16)6-7-14(2)3/h4-5,8-9H,6-7H2,1-3H3. The fourth-order valence-electron chi connectivity index (χ4n) is 1.35. The zero-order chi connectivity index (χ0) is 12.8. The molecule has 0 spiro atoms. The quantitative estimate of drug-likeness (QED) is 0.428. The summed E-state index contributed by atoms with van der Waals surface area (Å²) in [6, 6.07) is 3.43. The Hall–Kier alpha value is -1.68. The fourth-order valence-corrected chi connectivity index (χ4v) is 1.35. The van der Waals surface area contributed by atoms with E-state index in [-0.39, 0.29) is 17.1 Å². The Morgan fingerprint density at radius 1 is 1.41 bits per heavy atom. The van der Waals surface area contributed by atoms with Crippen LogP contribution in [0.25, 0.3) is 6.08 Å². The molecule has 0 aliphatic heterocycles. The number of allylic oxidation sites excluding steroid dienone is 1. The third-order valence-electron chi connectivity index (χ3n) is 2.30. The highest BCUT2D eigenvalue weighted by molar-refractivity contribution is 6.22. The van der Waals surface area contributed by atoms with Gasteiger partial charge in [-0.1, -0.05) is 0 Å². The molecule has 0 aromatic carbocycles. The van der Waals surface area contributed by atoms with Crippen LogP contribution in [0.3, 0.4) is 0 Å². The van der Waals surface area contributed by atoms with Gasteiger partial charge in [0.15, 0.2) is 11.6 Å². The van der Waals surface area contributed by atoms with Crippen molar-refractivity contribution < 1.29 is 14.0 Å². The predicted molar refractivity (Wildman–Crippen MR) is 65.5 cm³/mol. The van der Waals surface area contributed by atoms with Crippen LogP contribution < -0.4 is 0 Å². The predicted octanol–water partition coefficient (Wildman–Crippen LogP) is 1.77. The molecule has 0 N–H and O–H groups in total. The van der Waals surface area contributed by atoms with E-state index in [1.807, 2.05) is 19.0 Å². The Morgan fingerprint density at radius 3 is 2.59 bits per heavy atom. The van der Waals surface area contributed by atoms with E-state index in [1.165, 1.54) is 19.3 Å². The summed E-state index contributed by atoms with van der Waals surface area (Å²) < 4.78 is 5.10.